The zero-order valence-corrected chi connectivity index (χ0v) is 12.2. The highest BCUT2D eigenvalue weighted by molar-refractivity contribution is 6.13. The molecule has 0 saturated heterocycles. The number of benzene rings is 3. The summed E-state index contributed by atoms with van der Waals surface area (Å²) in [6, 6.07) is 21.4. The van der Waals surface area contributed by atoms with Crippen molar-refractivity contribution in [2.45, 2.75) is 6.92 Å². The average molecular weight is 282 g/mol. The van der Waals surface area contributed by atoms with Gasteiger partial charge in [-0.15, -0.1) is 0 Å². The van der Waals surface area contributed by atoms with Crippen LogP contribution in [0.2, 0.25) is 0 Å². The van der Waals surface area contributed by atoms with Gasteiger partial charge in [-0.05, 0) is 12.3 Å². The minimum atomic E-state index is 0.941. The molecule has 0 bridgehead atoms. The van der Waals surface area contributed by atoms with Gasteiger partial charge in [0.2, 0.25) is 0 Å². The van der Waals surface area contributed by atoms with Crippen molar-refractivity contribution in [3.05, 3.63) is 66.2 Å². The molecule has 2 nitrogen and oxygen atoms in total. The number of aryl methyl sites for hydroxylation is 1. The van der Waals surface area contributed by atoms with Crippen LogP contribution in [0.15, 0.2) is 60.7 Å². The van der Waals surface area contributed by atoms with Gasteiger partial charge >= 0.3 is 0 Å². The molecule has 0 saturated carbocycles. The van der Waals surface area contributed by atoms with E-state index >= 15 is 0 Å². The summed E-state index contributed by atoms with van der Waals surface area (Å²) in [6.07, 6.45) is 0. The zero-order chi connectivity index (χ0) is 14.7. The Bertz CT molecular complexity index is 967. The van der Waals surface area contributed by atoms with Crippen molar-refractivity contribution in [2.75, 3.05) is 0 Å². The first-order valence-electron chi connectivity index (χ1n) is 7.51. The number of nitrogens with one attached hydrogen (secondary N) is 1. The monoisotopic (exact) mass is 282 g/mol. The molecule has 0 fully saturated rings. The van der Waals surface area contributed by atoms with Crippen LogP contribution >= 0.6 is 0 Å². The molecule has 4 aromatic rings. The van der Waals surface area contributed by atoms with E-state index in [1.807, 2.05) is 0 Å². The van der Waals surface area contributed by atoms with Gasteiger partial charge in [-0.3, -0.25) is 0 Å². The lowest BCUT2D eigenvalue weighted by molar-refractivity contribution is 1.30. The zero-order valence-electron chi connectivity index (χ0n) is 12.2. The highest BCUT2D eigenvalue weighted by atomic mass is 14.9. The highest BCUT2D eigenvalue weighted by Gasteiger charge is 2.25. The van der Waals surface area contributed by atoms with Crippen molar-refractivity contribution >= 4 is 10.8 Å². The second-order valence-corrected chi connectivity index (χ2v) is 5.88. The van der Waals surface area contributed by atoms with Crippen LogP contribution < -0.4 is 0 Å². The third kappa shape index (κ3) is 1.47. The standard InChI is InChI=1S/C20H14N2/c1-12-8-10-14(11-9-12)20-21-18-15-6-2-4-13-5-3-7-16(17(13)15)19(18)22-20/h2-11H,1H3,(H,21,22). The van der Waals surface area contributed by atoms with Crippen LogP contribution in [0.3, 0.4) is 0 Å². The Kier molecular flexibility index (Phi) is 2.18. The molecular weight excluding hydrogens is 268 g/mol. The van der Waals surface area contributed by atoms with Crippen molar-refractivity contribution < 1.29 is 0 Å². The van der Waals surface area contributed by atoms with Crippen molar-refractivity contribution in [2.24, 2.45) is 0 Å². The lowest BCUT2D eigenvalue weighted by atomic mass is 10.0. The Morgan fingerprint density at radius 1 is 0.818 bits per heavy atom. The average Bonchev–Trinajstić information content (AvgIpc) is 3.10. The molecule has 5 rings (SSSR count). The predicted molar refractivity (Wildman–Crippen MR) is 90.7 cm³/mol. The number of aromatic amines is 1. The van der Waals surface area contributed by atoms with E-state index in [9.17, 15) is 0 Å². The van der Waals surface area contributed by atoms with Crippen molar-refractivity contribution in [3.8, 4) is 33.9 Å². The van der Waals surface area contributed by atoms with Crippen LogP contribution in [-0.4, -0.2) is 9.97 Å². The Labute approximate surface area is 128 Å². The molecule has 0 radical (unpaired) electrons. The number of hydrogen-bond donors (Lipinski definition) is 1. The lowest BCUT2D eigenvalue weighted by Crippen LogP contribution is -1.83. The molecule has 3 aromatic carbocycles. The summed E-state index contributed by atoms with van der Waals surface area (Å²) in [5, 5.41) is 2.59. The van der Waals surface area contributed by atoms with Crippen LogP contribution in [0.25, 0.3) is 44.7 Å². The second-order valence-electron chi connectivity index (χ2n) is 5.88. The number of H-pyrrole nitrogens is 1. The van der Waals surface area contributed by atoms with Gasteiger partial charge in [0.25, 0.3) is 0 Å². The van der Waals surface area contributed by atoms with Gasteiger partial charge in [-0.1, -0.05) is 66.2 Å². The quantitative estimate of drug-likeness (QED) is 0.450. The predicted octanol–water partition coefficient (Wildman–Crippen LogP) is 5.19. The van der Waals surface area contributed by atoms with Crippen molar-refractivity contribution in [3.63, 3.8) is 0 Å². The summed E-state index contributed by atoms with van der Waals surface area (Å²) >= 11 is 0. The number of fused-ring (bicyclic) bond motifs is 3. The molecule has 0 unspecified atom stereocenters. The first kappa shape index (κ1) is 11.8. The van der Waals surface area contributed by atoms with Crippen LogP contribution in [0.5, 0.6) is 0 Å². The molecule has 1 aromatic heterocycles. The summed E-state index contributed by atoms with van der Waals surface area (Å²) < 4.78 is 0. The smallest absolute Gasteiger partial charge is 0.138 e. The molecule has 1 aliphatic carbocycles. The van der Waals surface area contributed by atoms with E-state index < -0.39 is 0 Å². The molecule has 1 aliphatic rings. The normalized spacial score (nSPS) is 11.9. The van der Waals surface area contributed by atoms with Gasteiger partial charge in [0.05, 0.1) is 11.4 Å². The van der Waals surface area contributed by atoms with E-state index in [4.69, 9.17) is 4.98 Å². The van der Waals surface area contributed by atoms with Crippen LogP contribution in [0.4, 0.5) is 0 Å². The summed E-state index contributed by atoms with van der Waals surface area (Å²) in [5.41, 5.74) is 7.10. The Hall–Kier alpha value is -2.87. The molecule has 1 heterocycles. The number of hydrogen-bond acceptors (Lipinski definition) is 1. The molecule has 104 valence electrons. The molecule has 2 heteroatoms. The topological polar surface area (TPSA) is 28.7 Å². The van der Waals surface area contributed by atoms with E-state index in [0.29, 0.717) is 0 Å². The van der Waals surface area contributed by atoms with Crippen LogP contribution in [0, 0.1) is 6.92 Å². The molecule has 1 N–H and O–H groups in total. The first-order chi connectivity index (χ1) is 10.8. The largest absolute Gasteiger partial charge is 0.337 e. The number of rotatable bonds is 1. The minimum Gasteiger partial charge on any atom is -0.337 e. The van der Waals surface area contributed by atoms with Gasteiger partial charge in [0, 0.05) is 22.1 Å². The lowest BCUT2D eigenvalue weighted by Gasteiger charge is -2.02. The summed E-state index contributed by atoms with van der Waals surface area (Å²) in [7, 11) is 0. The van der Waals surface area contributed by atoms with E-state index in [-0.39, 0.29) is 0 Å². The minimum absolute atomic E-state index is 0.941. The van der Waals surface area contributed by atoms with Crippen LogP contribution in [0.1, 0.15) is 5.56 Å². The van der Waals surface area contributed by atoms with Crippen LogP contribution in [-0.2, 0) is 0 Å². The highest BCUT2D eigenvalue weighted by Crippen LogP contribution is 2.46. The summed E-state index contributed by atoms with van der Waals surface area (Å²) in [5.74, 6) is 0.941. The SMILES string of the molecule is Cc1ccc(-c2nc3c([nH]2)-c2cccc4cccc-3c24)cc1. The van der Waals surface area contributed by atoms with Crippen molar-refractivity contribution in [1.29, 1.82) is 0 Å². The molecule has 0 spiro atoms. The molecule has 0 amide bonds. The third-order valence-corrected chi connectivity index (χ3v) is 4.46. The number of imidazole rings is 1. The Balaban J connectivity index is 1.77. The maximum absolute atomic E-state index is 4.87. The Morgan fingerprint density at radius 2 is 1.55 bits per heavy atom. The molecule has 0 aliphatic heterocycles. The third-order valence-electron chi connectivity index (χ3n) is 4.46. The van der Waals surface area contributed by atoms with Gasteiger partial charge in [0.15, 0.2) is 0 Å². The van der Waals surface area contributed by atoms with E-state index in [1.165, 1.54) is 27.5 Å². The summed E-state index contributed by atoms with van der Waals surface area (Å²) in [6.45, 7) is 2.10. The molecule has 22 heavy (non-hydrogen) atoms. The fraction of sp³-hybridized carbons (Fsp3) is 0.0500. The fourth-order valence-corrected chi connectivity index (χ4v) is 3.36. The second kappa shape index (κ2) is 4.08. The van der Waals surface area contributed by atoms with E-state index in [1.54, 1.807) is 0 Å². The Morgan fingerprint density at radius 3 is 2.32 bits per heavy atom. The maximum Gasteiger partial charge on any atom is 0.138 e. The summed E-state index contributed by atoms with van der Waals surface area (Å²) in [4.78, 5) is 8.40. The number of nitrogens with zero attached hydrogens (tertiary/aromatic N) is 1. The van der Waals surface area contributed by atoms with Gasteiger partial charge in [0.1, 0.15) is 5.82 Å². The fourth-order valence-electron chi connectivity index (χ4n) is 3.36. The van der Waals surface area contributed by atoms with Crippen molar-refractivity contribution in [1.82, 2.24) is 9.97 Å². The van der Waals surface area contributed by atoms with Gasteiger partial charge < -0.3 is 4.98 Å². The van der Waals surface area contributed by atoms with Gasteiger partial charge in [-0.2, -0.15) is 0 Å². The maximum atomic E-state index is 4.87. The van der Waals surface area contributed by atoms with E-state index in [0.717, 1.165) is 22.8 Å². The van der Waals surface area contributed by atoms with E-state index in [2.05, 4.69) is 72.6 Å². The molecule has 0 atom stereocenters. The van der Waals surface area contributed by atoms with Gasteiger partial charge in [-0.25, -0.2) is 4.98 Å². The molecular formula is C20H14N2. The number of aromatic nitrogens is 2. The first-order valence-corrected chi connectivity index (χ1v) is 7.51.